The van der Waals surface area contributed by atoms with Crippen molar-refractivity contribution >= 4 is 27.0 Å². The normalized spacial score (nSPS) is 17.8. The number of aryl methyl sites for hydroxylation is 2. The summed E-state index contributed by atoms with van der Waals surface area (Å²) in [5.74, 6) is 0.335. The average molecular weight is 445 g/mol. The first-order valence-corrected chi connectivity index (χ1v) is 12.1. The van der Waals surface area contributed by atoms with Crippen LogP contribution in [0.4, 0.5) is 0 Å². The number of aromatic amines is 1. The molecule has 1 fully saturated rings. The lowest BCUT2D eigenvalue weighted by Gasteiger charge is -2.30. The lowest BCUT2D eigenvalue weighted by atomic mass is 9.99. The molecule has 31 heavy (non-hydrogen) atoms. The second-order valence-corrected chi connectivity index (χ2v) is 9.87. The number of benzene rings is 1. The lowest BCUT2D eigenvalue weighted by Crippen LogP contribution is -2.45. The summed E-state index contributed by atoms with van der Waals surface area (Å²) in [7, 11) is -3.69. The third-order valence-electron chi connectivity index (χ3n) is 5.68. The molecule has 9 nitrogen and oxygen atoms in total. The highest BCUT2D eigenvalue weighted by atomic mass is 32.2. The molecular formula is C21H28N6O3S. The number of fused-ring (bicyclic) bond motifs is 1. The first kappa shape index (κ1) is 21.5. The van der Waals surface area contributed by atoms with Crippen LogP contribution in [-0.2, 0) is 27.8 Å². The summed E-state index contributed by atoms with van der Waals surface area (Å²) in [6.45, 7) is 5.63. The van der Waals surface area contributed by atoms with E-state index in [-0.39, 0.29) is 23.4 Å². The van der Waals surface area contributed by atoms with Gasteiger partial charge in [0.25, 0.3) is 10.0 Å². The van der Waals surface area contributed by atoms with E-state index in [0.29, 0.717) is 38.9 Å². The molecule has 2 N–H and O–H groups in total. The van der Waals surface area contributed by atoms with Gasteiger partial charge in [-0.15, -0.1) is 0 Å². The molecule has 166 valence electrons. The Bertz CT molecular complexity index is 1180. The third-order valence-corrected chi connectivity index (χ3v) is 7.43. The molecule has 1 aromatic carbocycles. The summed E-state index contributed by atoms with van der Waals surface area (Å²) in [4.78, 5) is 24.5. The van der Waals surface area contributed by atoms with Gasteiger partial charge in [-0.1, -0.05) is 6.07 Å². The van der Waals surface area contributed by atoms with E-state index in [4.69, 9.17) is 0 Å². The number of nitrogens with one attached hydrogen (secondary N) is 2. The molecule has 0 radical (unpaired) electrons. The van der Waals surface area contributed by atoms with E-state index >= 15 is 0 Å². The number of piperidine rings is 1. The Morgan fingerprint density at radius 1 is 1.35 bits per heavy atom. The Balaban J connectivity index is 1.33. The molecule has 1 amide bonds. The van der Waals surface area contributed by atoms with Gasteiger partial charge in [-0.25, -0.2) is 18.4 Å². The molecule has 0 aliphatic carbocycles. The minimum Gasteiger partial charge on any atom is -0.355 e. The molecule has 0 bridgehead atoms. The van der Waals surface area contributed by atoms with Crippen LogP contribution in [0.15, 0.2) is 35.7 Å². The van der Waals surface area contributed by atoms with Crippen molar-refractivity contribution in [3.8, 4) is 0 Å². The SMILES string of the molecule is CCn1cnc(S(=O)(=O)N2CCC[C@H](C(=O)NCCc3nc4ccc(C)cc4[nH]3)C2)c1. The number of imidazole rings is 2. The van der Waals surface area contributed by atoms with E-state index in [2.05, 4.69) is 20.3 Å². The summed E-state index contributed by atoms with van der Waals surface area (Å²) < 4.78 is 28.9. The smallest absolute Gasteiger partial charge is 0.262 e. The largest absolute Gasteiger partial charge is 0.355 e. The second-order valence-electron chi connectivity index (χ2n) is 7.99. The fourth-order valence-electron chi connectivity index (χ4n) is 3.90. The number of carbonyl (C=O) groups is 1. The van der Waals surface area contributed by atoms with Gasteiger partial charge in [0.1, 0.15) is 5.82 Å². The van der Waals surface area contributed by atoms with Gasteiger partial charge in [0.05, 0.1) is 23.3 Å². The topological polar surface area (TPSA) is 113 Å². The zero-order valence-corrected chi connectivity index (χ0v) is 18.7. The maximum atomic E-state index is 12.9. The van der Waals surface area contributed by atoms with Crippen LogP contribution in [0.3, 0.4) is 0 Å². The van der Waals surface area contributed by atoms with Gasteiger partial charge >= 0.3 is 0 Å². The van der Waals surface area contributed by atoms with Crippen molar-refractivity contribution < 1.29 is 13.2 Å². The van der Waals surface area contributed by atoms with E-state index in [1.807, 2.05) is 32.0 Å². The highest BCUT2D eigenvalue weighted by molar-refractivity contribution is 7.89. The number of hydrogen-bond donors (Lipinski definition) is 2. The summed E-state index contributed by atoms with van der Waals surface area (Å²) in [6.07, 6.45) is 4.96. The van der Waals surface area contributed by atoms with Crippen LogP contribution in [-0.4, -0.2) is 57.8 Å². The second kappa shape index (κ2) is 8.80. The molecule has 3 aromatic rings. The Morgan fingerprint density at radius 3 is 2.97 bits per heavy atom. The van der Waals surface area contributed by atoms with Crippen LogP contribution >= 0.6 is 0 Å². The summed E-state index contributed by atoms with van der Waals surface area (Å²) in [6, 6.07) is 6.04. The van der Waals surface area contributed by atoms with Crippen LogP contribution in [0.1, 0.15) is 31.2 Å². The standard InChI is InChI=1S/C21H28N6O3S/c1-3-26-13-20(23-14-26)31(29,30)27-10-4-5-16(12-27)21(28)22-9-8-19-24-17-7-6-15(2)11-18(17)25-19/h6-7,11,13-14,16H,3-5,8-10,12H2,1-2H3,(H,22,28)(H,24,25)/t16-/m0/s1. The van der Waals surface area contributed by atoms with E-state index in [1.54, 1.807) is 4.57 Å². The van der Waals surface area contributed by atoms with Crippen molar-refractivity contribution in [2.45, 2.75) is 44.7 Å². The van der Waals surface area contributed by atoms with Crippen LogP contribution in [0.5, 0.6) is 0 Å². The monoisotopic (exact) mass is 444 g/mol. The number of hydrogen-bond acceptors (Lipinski definition) is 5. The molecule has 4 rings (SSSR count). The first-order chi connectivity index (χ1) is 14.9. The van der Waals surface area contributed by atoms with E-state index in [9.17, 15) is 13.2 Å². The van der Waals surface area contributed by atoms with Gasteiger partial charge in [0, 0.05) is 38.8 Å². The summed E-state index contributed by atoms with van der Waals surface area (Å²) >= 11 is 0. The van der Waals surface area contributed by atoms with Gasteiger partial charge in [0.2, 0.25) is 5.91 Å². The number of H-pyrrole nitrogens is 1. The fourth-order valence-corrected chi connectivity index (χ4v) is 5.36. The Kier molecular flexibility index (Phi) is 6.10. The molecular weight excluding hydrogens is 416 g/mol. The van der Waals surface area contributed by atoms with Gasteiger partial charge in [-0.3, -0.25) is 4.79 Å². The zero-order chi connectivity index (χ0) is 22.0. The molecule has 1 aliphatic rings. The number of carbonyl (C=O) groups excluding carboxylic acids is 1. The lowest BCUT2D eigenvalue weighted by molar-refractivity contribution is -0.126. The molecule has 2 aromatic heterocycles. The van der Waals surface area contributed by atoms with Crippen LogP contribution in [0, 0.1) is 12.8 Å². The summed E-state index contributed by atoms with van der Waals surface area (Å²) in [5, 5.41) is 2.98. The predicted molar refractivity (Wildman–Crippen MR) is 117 cm³/mol. The summed E-state index contributed by atoms with van der Waals surface area (Å²) in [5.41, 5.74) is 3.06. The molecule has 0 saturated carbocycles. The Morgan fingerprint density at radius 2 is 2.19 bits per heavy atom. The minimum absolute atomic E-state index is 0.0375. The van der Waals surface area contributed by atoms with Crippen LogP contribution in [0.2, 0.25) is 0 Å². The fraction of sp³-hybridized carbons (Fsp3) is 0.476. The van der Waals surface area contributed by atoms with E-state index < -0.39 is 10.0 Å². The molecule has 1 aliphatic heterocycles. The maximum Gasteiger partial charge on any atom is 0.262 e. The molecule has 3 heterocycles. The van der Waals surface area contributed by atoms with Gasteiger partial charge in [-0.2, -0.15) is 4.31 Å². The maximum absolute atomic E-state index is 12.9. The highest BCUT2D eigenvalue weighted by Crippen LogP contribution is 2.23. The molecule has 0 unspecified atom stereocenters. The van der Waals surface area contributed by atoms with Crippen molar-refractivity contribution in [1.29, 1.82) is 0 Å². The first-order valence-electron chi connectivity index (χ1n) is 10.6. The van der Waals surface area contributed by atoms with E-state index in [0.717, 1.165) is 22.4 Å². The average Bonchev–Trinajstić information content (AvgIpc) is 3.40. The van der Waals surface area contributed by atoms with Crippen LogP contribution < -0.4 is 5.32 Å². The van der Waals surface area contributed by atoms with Gasteiger partial charge in [-0.05, 0) is 44.4 Å². The van der Waals surface area contributed by atoms with Crippen LogP contribution in [0.25, 0.3) is 11.0 Å². The number of aromatic nitrogens is 4. The zero-order valence-electron chi connectivity index (χ0n) is 17.8. The minimum atomic E-state index is -3.69. The number of sulfonamides is 1. The predicted octanol–water partition coefficient (Wildman–Crippen LogP) is 1.85. The van der Waals surface area contributed by atoms with Crippen molar-refractivity contribution in [1.82, 2.24) is 29.1 Å². The van der Waals surface area contributed by atoms with Crippen molar-refractivity contribution in [2.75, 3.05) is 19.6 Å². The highest BCUT2D eigenvalue weighted by Gasteiger charge is 2.34. The Hall–Kier alpha value is -2.72. The molecule has 10 heteroatoms. The van der Waals surface area contributed by atoms with Crippen molar-refractivity contribution in [3.05, 3.63) is 42.1 Å². The Labute approximate surface area is 181 Å². The van der Waals surface area contributed by atoms with Gasteiger partial charge in [0.15, 0.2) is 5.03 Å². The van der Waals surface area contributed by atoms with Crippen molar-refractivity contribution in [2.24, 2.45) is 5.92 Å². The number of nitrogens with zero attached hydrogens (tertiary/aromatic N) is 4. The molecule has 1 saturated heterocycles. The number of rotatable bonds is 7. The van der Waals surface area contributed by atoms with Crippen molar-refractivity contribution in [3.63, 3.8) is 0 Å². The van der Waals surface area contributed by atoms with E-state index in [1.165, 1.54) is 16.8 Å². The van der Waals surface area contributed by atoms with Gasteiger partial charge < -0.3 is 14.9 Å². The molecule has 0 spiro atoms. The molecule has 1 atom stereocenters. The quantitative estimate of drug-likeness (QED) is 0.577. The third kappa shape index (κ3) is 4.64. The number of amides is 1.